The van der Waals surface area contributed by atoms with E-state index in [2.05, 4.69) is 25.2 Å². The van der Waals surface area contributed by atoms with Gasteiger partial charge >= 0.3 is 59.7 Å². The Balaban J connectivity index is 0. The molecule has 0 aromatic carbocycles. The minimum atomic E-state index is -0.931. The summed E-state index contributed by atoms with van der Waals surface area (Å²) in [5.41, 5.74) is 0. The van der Waals surface area contributed by atoms with Gasteiger partial charge in [0, 0.05) is 0 Å². The van der Waals surface area contributed by atoms with Gasteiger partial charge in [-0.3, -0.25) is 0 Å². The van der Waals surface area contributed by atoms with E-state index in [0.717, 1.165) is 0 Å². The molecule has 0 bridgehead atoms. The summed E-state index contributed by atoms with van der Waals surface area (Å²) >= 11 is 1.48. The summed E-state index contributed by atoms with van der Waals surface area (Å²) < 4.78 is 0. The van der Waals surface area contributed by atoms with Gasteiger partial charge in [-0.25, -0.2) is 0 Å². The van der Waals surface area contributed by atoms with Gasteiger partial charge in [-0.15, -0.1) is 0 Å². The molecule has 0 aliphatic heterocycles. The Morgan fingerprint density at radius 2 is 1.20 bits per heavy atom. The summed E-state index contributed by atoms with van der Waals surface area (Å²) in [6.07, 6.45) is 0. The normalized spacial score (nSPS) is 3.20. The summed E-state index contributed by atoms with van der Waals surface area (Å²) in [6.45, 7) is 0. The van der Waals surface area contributed by atoms with E-state index < -0.39 is 15.1 Å². The number of hydrogen-bond acceptors (Lipinski definition) is 0. The van der Waals surface area contributed by atoms with E-state index in [1.54, 1.807) is 0 Å². The molecule has 0 rings (SSSR count). The fraction of sp³-hybridized carbons (Fsp3) is 0. The first-order valence-corrected chi connectivity index (χ1v) is 10.1. The van der Waals surface area contributed by atoms with E-state index in [9.17, 15) is 0 Å². The van der Waals surface area contributed by atoms with Crippen molar-refractivity contribution >= 4 is 29.5 Å². The van der Waals surface area contributed by atoms with Crippen molar-refractivity contribution in [2.45, 2.75) is 0 Å². The predicted octanol–water partition coefficient (Wildman–Crippen LogP) is 2.06. The Bertz CT molecular complexity index is 6.85. The molecule has 0 N–H and O–H groups in total. The predicted molar refractivity (Wildman–Crippen MR) is 17.6 cm³/mol. The van der Waals surface area contributed by atoms with Gasteiger partial charge in [-0.1, -0.05) is 0 Å². The molecule has 0 atom stereocenters. The van der Waals surface area contributed by atoms with Gasteiger partial charge in [0.05, 0.1) is 0 Å². The molecule has 0 saturated carbocycles. The first kappa shape index (κ1) is 10.1. The summed E-state index contributed by atoms with van der Waals surface area (Å²) in [5.74, 6) is 0. The summed E-state index contributed by atoms with van der Waals surface area (Å²) in [4.78, 5) is 0. The third-order valence-electron chi connectivity index (χ3n) is 0. The summed E-state index contributed by atoms with van der Waals surface area (Å²) in [5, 5.41) is 0. The SMILES string of the molecule is [Cl][Mn].[Cl][Zn][Cl]. The van der Waals surface area contributed by atoms with Gasteiger partial charge in [0.2, 0.25) is 0 Å². The van der Waals surface area contributed by atoms with E-state index in [-0.39, 0.29) is 0 Å². The maximum atomic E-state index is 4.95. The van der Waals surface area contributed by atoms with Crippen LogP contribution in [0.25, 0.3) is 0 Å². The molecule has 0 amide bonds. The Kier molecular flexibility index (Phi) is 33.6. The average molecular weight is 227 g/mol. The fourth-order valence-electron chi connectivity index (χ4n) is 0. The van der Waals surface area contributed by atoms with Crippen molar-refractivity contribution < 1.29 is 30.2 Å². The van der Waals surface area contributed by atoms with Gasteiger partial charge in [-0.2, -0.15) is 0 Å². The zero-order valence-electron chi connectivity index (χ0n) is 2.22. The molecule has 0 heterocycles. The fourth-order valence-corrected chi connectivity index (χ4v) is 0. The molecule has 0 saturated heterocycles. The molecular weight excluding hydrogens is 227 g/mol. The Labute approximate surface area is 59.3 Å². The molecule has 5 heteroatoms. The molecule has 0 aromatic rings. The van der Waals surface area contributed by atoms with Gasteiger partial charge < -0.3 is 0 Å². The van der Waals surface area contributed by atoms with E-state index in [4.69, 9.17) is 19.4 Å². The van der Waals surface area contributed by atoms with Crippen LogP contribution in [0.1, 0.15) is 0 Å². The second-order valence-electron chi connectivity index (χ2n) is 0.101. The van der Waals surface area contributed by atoms with E-state index in [1.807, 2.05) is 0 Å². The average Bonchev–Trinajstić information content (AvgIpc) is 1.46. The van der Waals surface area contributed by atoms with Crippen molar-refractivity contribution in [2.75, 3.05) is 0 Å². The minimum absolute atomic E-state index is 0.931. The summed E-state index contributed by atoms with van der Waals surface area (Å²) in [6, 6.07) is 0. The van der Waals surface area contributed by atoms with Gasteiger partial charge in [0.15, 0.2) is 0 Å². The second-order valence-corrected chi connectivity index (χ2v) is 4.72. The van der Waals surface area contributed by atoms with E-state index in [0.29, 0.717) is 0 Å². The molecule has 0 radical (unpaired) electrons. The molecule has 0 fully saturated rings. The van der Waals surface area contributed by atoms with E-state index in [1.165, 1.54) is 0 Å². The number of hydrogen-bond donors (Lipinski definition) is 0. The van der Waals surface area contributed by atoms with Crippen molar-refractivity contribution in [2.24, 2.45) is 0 Å². The van der Waals surface area contributed by atoms with Crippen LogP contribution in [0.5, 0.6) is 0 Å². The third-order valence-corrected chi connectivity index (χ3v) is 0. The molecule has 0 unspecified atom stereocenters. The van der Waals surface area contributed by atoms with Crippen molar-refractivity contribution in [3.63, 3.8) is 0 Å². The third kappa shape index (κ3) is 23.9. The quantitative estimate of drug-likeness (QED) is 0.555. The first-order valence-electron chi connectivity index (χ1n) is 0.677. The van der Waals surface area contributed by atoms with Crippen LogP contribution in [0.2, 0.25) is 0 Å². The van der Waals surface area contributed by atoms with Crippen molar-refractivity contribution in [1.82, 2.24) is 0 Å². The molecule has 0 aliphatic carbocycles. The Hall–Kier alpha value is 2.01. The van der Waals surface area contributed by atoms with Crippen LogP contribution in [0.15, 0.2) is 0 Å². The second kappa shape index (κ2) is 16.6. The van der Waals surface area contributed by atoms with Gasteiger partial charge in [-0.05, 0) is 0 Å². The monoisotopic (exact) mass is 224 g/mol. The molecule has 30 valence electrons. The van der Waals surface area contributed by atoms with Crippen molar-refractivity contribution in [3.05, 3.63) is 0 Å². The van der Waals surface area contributed by atoms with E-state index >= 15 is 0 Å². The van der Waals surface area contributed by atoms with Crippen LogP contribution in [0, 0.1) is 0 Å². The standard InChI is InChI=1S/3ClH.Mn.Zn/h3*1H;;/q;;;+1;+2/p-3. The van der Waals surface area contributed by atoms with Crippen LogP contribution in [-0.2, 0) is 30.2 Å². The molecule has 0 nitrogen and oxygen atoms in total. The van der Waals surface area contributed by atoms with Crippen LogP contribution >= 0.6 is 29.5 Å². The zero-order valence-corrected chi connectivity index (χ0v) is 8.63. The number of rotatable bonds is 0. The van der Waals surface area contributed by atoms with Crippen LogP contribution in [0.4, 0.5) is 0 Å². The van der Waals surface area contributed by atoms with Gasteiger partial charge in [0.25, 0.3) is 0 Å². The first-order chi connectivity index (χ1) is 2.41. The van der Waals surface area contributed by atoms with Crippen LogP contribution in [0.3, 0.4) is 0 Å². The van der Waals surface area contributed by atoms with Crippen molar-refractivity contribution in [1.29, 1.82) is 0 Å². The molecular formula is Cl3MnZn. The van der Waals surface area contributed by atoms with Crippen LogP contribution in [-0.4, -0.2) is 0 Å². The van der Waals surface area contributed by atoms with Crippen LogP contribution < -0.4 is 0 Å². The molecule has 0 spiro atoms. The zero-order chi connectivity index (χ0) is 4.71. The Morgan fingerprint density at radius 1 is 1.20 bits per heavy atom. The Morgan fingerprint density at radius 3 is 1.20 bits per heavy atom. The van der Waals surface area contributed by atoms with Crippen molar-refractivity contribution in [3.8, 4) is 0 Å². The van der Waals surface area contributed by atoms with Gasteiger partial charge in [0.1, 0.15) is 0 Å². The molecule has 5 heavy (non-hydrogen) atoms. The summed E-state index contributed by atoms with van der Waals surface area (Å²) in [7, 11) is 14.4. The maximum absolute atomic E-state index is 4.95. The molecule has 0 aliphatic rings. The number of halogens is 3. The molecule has 0 aromatic heterocycles. The topological polar surface area (TPSA) is 0 Å².